The van der Waals surface area contributed by atoms with E-state index in [-0.39, 0.29) is 17.0 Å². The number of nitrogens with zero attached hydrogens (tertiary/aromatic N) is 1. The molecular weight excluding hydrogens is 367 g/mol. The molecule has 0 aliphatic rings. The number of benzene rings is 1. The molecule has 20 heavy (non-hydrogen) atoms. The molecule has 1 heterocycles. The van der Waals surface area contributed by atoms with Crippen LogP contribution in [0.4, 0.5) is 4.39 Å². The van der Waals surface area contributed by atoms with Gasteiger partial charge >= 0.3 is 0 Å². The summed E-state index contributed by atoms with van der Waals surface area (Å²) < 4.78 is 40.5. The fourth-order valence-electron chi connectivity index (χ4n) is 1.45. The standard InChI is InChI=1S/C12H8BrFN2O2S2/c13-9-4-10(19-7-9)6-16-20(17,18)11-1-2-12(14)8(3-11)5-15/h1-4,7,16H,6H2. The monoisotopic (exact) mass is 374 g/mol. The molecular formula is C12H8BrFN2O2S2. The van der Waals surface area contributed by atoms with Crippen molar-refractivity contribution < 1.29 is 12.8 Å². The van der Waals surface area contributed by atoms with Gasteiger partial charge in [-0.05, 0) is 40.2 Å². The fraction of sp³-hybridized carbons (Fsp3) is 0.0833. The van der Waals surface area contributed by atoms with Crippen molar-refractivity contribution >= 4 is 37.3 Å². The molecule has 0 amide bonds. The SMILES string of the molecule is N#Cc1cc(S(=O)(=O)NCc2cc(Br)cs2)ccc1F. The highest BCUT2D eigenvalue weighted by molar-refractivity contribution is 9.10. The largest absolute Gasteiger partial charge is 0.240 e. The minimum Gasteiger partial charge on any atom is -0.207 e. The minimum atomic E-state index is -3.77. The summed E-state index contributed by atoms with van der Waals surface area (Å²) in [6.07, 6.45) is 0. The molecule has 0 aliphatic carbocycles. The Bertz CT molecular complexity index is 781. The van der Waals surface area contributed by atoms with E-state index in [0.717, 1.165) is 27.5 Å². The van der Waals surface area contributed by atoms with E-state index in [0.29, 0.717) is 0 Å². The van der Waals surface area contributed by atoms with Gasteiger partial charge in [0.2, 0.25) is 10.0 Å². The summed E-state index contributed by atoms with van der Waals surface area (Å²) in [5.41, 5.74) is -0.299. The quantitative estimate of drug-likeness (QED) is 0.893. The van der Waals surface area contributed by atoms with Crippen molar-refractivity contribution in [1.29, 1.82) is 5.26 Å². The third-order valence-corrected chi connectivity index (χ3v) is 5.52. The summed E-state index contributed by atoms with van der Waals surface area (Å²) in [5, 5.41) is 10.6. The summed E-state index contributed by atoms with van der Waals surface area (Å²) in [6.45, 7) is 0.137. The lowest BCUT2D eigenvalue weighted by Gasteiger charge is -2.06. The van der Waals surface area contributed by atoms with Gasteiger partial charge in [-0.25, -0.2) is 17.5 Å². The molecule has 8 heteroatoms. The number of nitrogens with one attached hydrogen (secondary N) is 1. The van der Waals surface area contributed by atoms with Gasteiger partial charge in [0.25, 0.3) is 0 Å². The van der Waals surface area contributed by atoms with E-state index in [1.54, 1.807) is 12.1 Å². The maximum absolute atomic E-state index is 13.2. The lowest BCUT2D eigenvalue weighted by Crippen LogP contribution is -2.23. The molecule has 0 bridgehead atoms. The van der Waals surface area contributed by atoms with Crippen molar-refractivity contribution in [3.8, 4) is 6.07 Å². The number of sulfonamides is 1. The molecule has 2 rings (SSSR count). The van der Waals surface area contributed by atoms with Gasteiger partial charge in [0.1, 0.15) is 11.9 Å². The van der Waals surface area contributed by atoms with Gasteiger partial charge in [0, 0.05) is 21.3 Å². The highest BCUT2D eigenvalue weighted by Crippen LogP contribution is 2.20. The molecule has 2 aromatic rings. The molecule has 0 saturated carbocycles. The summed E-state index contributed by atoms with van der Waals surface area (Å²) in [4.78, 5) is 0.703. The molecule has 1 aromatic carbocycles. The highest BCUT2D eigenvalue weighted by atomic mass is 79.9. The van der Waals surface area contributed by atoms with Gasteiger partial charge in [-0.3, -0.25) is 0 Å². The third-order valence-electron chi connectivity index (χ3n) is 2.43. The minimum absolute atomic E-state index is 0.133. The van der Waals surface area contributed by atoms with Gasteiger partial charge in [0.05, 0.1) is 10.5 Å². The average molecular weight is 375 g/mol. The smallest absolute Gasteiger partial charge is 0.207 e. The van der Waals surface area contributed by atoms with Gasteiger partial charge in [-0.2, -0.15) is 5.26 Å². The van der Waals surface area contributed by atoms with E-state index in [1.165, 1.54) is 11.3 Å². The maximum atomic E-state index is 13.2. The van der Waals surface area contributed by atoms with E-state index in [1.807, 2.05) is 5.38 Å². The molecule has 0 atom stereocenters. The van der Waals surface area contributed by atoms with Crippen LogP contribution < -0.4 is 4.72 Å². The van der Waals surface area contributed by atoms with Crippen LogP contribution in [-0.2, 0) is 16.6 Å². The van der Waals surface area contributed by atoms with Crippen LogP contribution in [0.3, 0.4) is 0 Å². The van der Waals surface area contributed by atoms with Gasteiger partial charge in [-0.15, -0.1) is 11.3 Å². The zero-order valence-corrected chi connectivity index (χ0v) is 13.1. The molecule has 4 nitrogen and oxygen atoms in total. The van der Waals surface area contributed by atoms with Crippen LogP contribution in [-0.4, -0.2) is 8.42 Å². The molecule has 0 fully saturated rings. The normalized spacial score (nSPS) is 11.2. The first-order chi connectivity index (χ1) is 9.42. The number of nitriles is 1. The van der Waals surface area contributed by atoms with Crippen LogP contribution >= 0.6 is 27.3 Å². The van der Waals surface area contributed by atoms with Crippen molar-refractivity contribution in [3.63, 3.8) is 0 Å². The lowest BCUT2D eigenvalue weighted by molar-refractivity contribution is 0.580. The van der Waals surface area contributed by atoms with Gasteiger partial charge < -0.3 is 0 Å². The second kappa shape index (κ2) is 6.01. The first-order valence-corrected chi connectivity index (χ1v) is 8.50. The second-order valence-electron chi connectivity index (χ2n) is 3.81. The van der Waals surface area contributed by atoms with Crippen LogP contribution in [0.15, 0.2) is 39.0 Å². The Morgan fingerprint density at radius 3 is 2.75 bits per heavy atom. The third kappa shape index (κ3) is 3.43. The maximum Gasteiger partial charge on any atom is 0.240 e. The lowest BCUT2D eigenvalue weighted by atomic mass is 10.2. The van der Waals surface area contributed by atoms with E-state index in [9.17, 15) is 12.8 Å². The first-order valence-electron chi connectivity index (χ1n) is 5.34. The van der Waals surface area contributed by atoms with Crippen LogP contribution in [0.5, 0.6) is 0 Å². The Balaban J connectivity index is 2.20. The Morgan fingerprint density at radius 2 is 2.15 bits per heavy atom. The number of hydrogen-bond acceptors (Lipinski definition) is 4. The van der Waals surface area contributed by atoms with Crippen LogP contribution in [0, 0.1) is 17.1 Å². The number of hydrogen-bond donors (Lipinski definition) is 1. The van der Waals surface area contributed by atoms with Crippen molar-refractivity contribution in [1.82, 2.24) is 4.72 Å². The molecule has 0 radical (unpaired) electrons. The van der Waals surface area contributed by atoms with Crippen molar-refractivity contribution in [3.05, 3.63) is 50.4 Å². The van der Waals surface area contributed by atoms with E-state index < -0.39 is 15.8 Å². The van der Waals surface area contributed by atoms with E-state index in [2.05, 4.69) is 20.7 Å². The van der Waals surface area contributed by atoms with Gasteiger partial charge in [-0.1, -0.05) is 0 Å². The van der Waals surface area contributed by atoms with Gasteiger partial charge in [0.15, 0.2) is 0 Å². The molecule has 1 N–H and O–H groups in total. The molecule has 0 unspecified atom stereocenters. The van der Waals surface area contributed by atoms with Crippen molar-refractivity contribution in [2.24, 2.45) is 0 Å². The van der Waals surface area contributed by atoms with E-state index >= 15 is 0 Å². The van der Waals surface area contributed by atoms with Crippen molar-refractivity contribution in [2.45, 2.75) is 11.4 Å². The average Bonchev–Trinajstić information content (AvgIpc) is 2.83. The number of halogens is 2. The summed E-state index contributed by atoms with van der Waals surface area (Å²) >= 11 is 4.69. The topological polar surface area (TPSA) is 70.0 Å². The Morgan fingerprint density at radius 1 is 1.40 bits per heavy atom. The molecule has 104 valence electrons. The van der Waals surface area contributed by atoms with Crippen LogP contribution in [0.2, 0.25) is 0 Å². The predicted molar refractivity (Wildman–Crippen MR) is 77.2 cm³/mol. The fourth-order valence-corrected chi connectivity index (χ4v) is 3.97. The van der Waals surface area contributed by atoms with E-state index in [4.69, 9.17) is 5.26 Å². The Labute approximate surface area is 128 Å². The molecule has 0 saturated heterocycles. The number of rotatable bonds is 4. The molecule has 0 spiro atoms. The summed E-state index contributed by atoms with van der Waals surface area (Å²) in [7, 11) is -3.77. The summed E-state index contributed by atoms with van der Waals surface area (Å²) in [6, 6.07) is 6.53. The zero-order chi connectivity index (χ0) is 14.8. The molecule has 0 aliphatic heterocycles. The highest BCUT2D eigenvalue weighted by Gasteiger charge is 2.16. The Hall–Kier alpha value is -1.27. The van der Waals surface area contributed by atoms with Crippen LogP contribution in [0.1, 0.15) is 10.4 Å². The predicted octanol–water partition coefficient (Wildman–Crippen LogP) is 3.00. The first kappa shape index (κ1) is 15.1. The van der Waals surface area contributed by atoms with Crippen molar-refractivity contribution in [2.75, 3.05) is 0 Å². The second-order valence-corrected chi connectivity index (χ2v) is 7.49. The molecule has 1 aromatic heterocycles. The summed E-state index contributed by atoms with van der Waals surface area (Å²) in [5.74, 6) is -0.742. The Kier molecular flexibility index (Phi) is 4.55. The zero-order valence-electron chi connectivity index (χ0n) is 9.93. The van der Waals surface area contributed by atoms with Crippen LogP contribution in [0.25, 0.3) is 0 Å². The number of thiophene rings is 1.